The lowest BCUT2D eigenvalue weighted by molar-refractivity contribution is -0.408. The zero-order valence-electron chi connectivity index (χ0n) is 36.9. The van der Waals surface area contributed by atoms with Crippen LogP contribution in [0.1, 0.15) is 140 Å². The minimum atomic E-state index is -1.33. The van der Waals surface area contributed by atoms with E-state index in [9.17, 15) is 24.9 Å². The van der Waals surface area contributed by atoms with Crippen LogP contribution in [0.2, 0.25) is 0 Å². The molecule has 2 spiro atoms. The van der Waals surface area contributed by atoms with Crippen LogP contribution < -0.4 is 0 Å². The van der Waals surface area contributed by atoms with E-state index in [1.165, 1.54) is 6.92 Å². The number of aliphatic hydroxyl groups excluding tert-OH is 1. The van der Waals surface area contributed by atoms with E-state index in [4.69, 9.17) is 33.4 Å². The fraction of sp³-hybridized carbons (Fsp3) is 0.889. The van der Waals surface area contributed by atoms with Gasteiger partial charge in [-0.25, -0.2) is 0 Å². The SMILES string of the molecule is CC[C@@H](C(=O)O)[C@H]1CC[C@H](C)[C@H]([C@@H](C)[C@H](O)[C@H](C)/C(=N\C)[C@H](CC)[C@H]2O[C@]3(C=C[C@@H](OC(C)=O)[C@]4(CC[C@@](C)([C@H]5CC[C@](O)(CC)[C@H](C)O5)O4)O3)[C@H](C)C[C@@H]2C)O1. The Balaban J connectivity index is 1.39. The molecule has 0 unspecified atom stereocenters. The number of aliphatic carboxylic acids is 1. The maximum Gasteiger partial charge on any atom is 0.309 e. The summed E-state index contributed by atoms with van der Waals surface area (Å²) in [5, 5.41) is 33.1. The number of ether oxygens (including phenoxy) is 6. The van der Waals surface area contributed by atoms with Crippen LogP contribution in [0.15, 0.2) is 17.1 Å². The van der Waals surface area contributed by atoms with E-state index in [0.717, 1.165) is 18.6 Å². The van der Waals surface area contributed by atoms with Gasteiger partial charge in [-0.05, 0) is 95.6 Å². The number of hydrogen-bond acceptors (Lipinski definition) is 11. The highest BCUT2D eigenvalue weighted by molar-refractivity contribution is 5.89. The molecular formula is C45H75NO11. The minimum absolute atomic E-state index is 0.0747. The van der Waals surface area contributed by atoms with Crippen molar-refractivity contribution in [2.75, 3.05) is 7.05 Å². The topological polar surface area (TPSA) is 163 Å². The molecule has 5 heterocycles. The van der Waals surface area contributed by atoms with Crippen molar-refractivity contribution in [2.24, 2.45) is 46.4 Å². The molecule has 4 saturated heterocycles. The van der Waals surface area contributed by atoms with Gasteiger partial charge in [0.05, 0.1) is 53.7 Å². The van der Waals surface area contributed by atoms with Crippen LogP contribution in [0.25, 0.3) is 0 Å². The molecular weight excluding hydrogens is 730 g/mol. The summed E-state index contributed by atoms with van der Waals surface area (Å²) in [7, 11) is 1.78. The summed E-state index contributed by atoms with van der Waals surface area (Å²) < 4.78 is 40.4. The number of aliphatic hydroxyl groups is 2. The maximum absolute atomic E-state index is 12.5. The number of carboxylic acids is 1. The molecule has 0 aliphatic carbocycles. The first-order valence-electron chi connectivity index (χ1n) is 22.1. The van der Waals surface area contributed by atoms with Crippen LogP contribution >= 0.6 is 0 Å². The zero-order chi connectivity index (χ0) is 42.2. The van der Waals surface area contributed by atoms with Crippen LogP contribution in [0, 0.1) is 41.4 Å². The summed E-state index contributed by atoms with van der Waals surface area (Å²) in [6.45, 7) is 21.8. The van der Waals surface area contributed by atoms with Gasteiger partial charge in [-0.2, -0.15) is 0 Å². The molecule has 0 aromatic carbocycles. The Morgan fingerprint density at radius 1 is 0.930 bits per heavy atom. The van der Waals surface area contributed by atoms with E-state index in [1.54, 1.807) is 7.05 Å². The highest BCUT2D eigenvalue weighted by atomic mass is 16.8. The Labute approximate surface area is 341 Å². The Morgan fingerprint density at radius 2 is 1.61 bits per heavy atom. The Kier molecular flexibility index (Phi) is 14.5. The highest BCUT2D eigenvalue weighted by Gasteiger charge is 2.64. The summed E-state index contributed by atoms with van der Waals surface area (Å²) >= 11 is 0. The quantitative estimate of drug-likeness (QED) is 0.0976. The number of rotatable bonds is 13. The second-order valence-electron chi connectivity index (χ2n) is 18.7. The second-order valence-corrected chi connectivity index (χ2v) is 18.7. The fourth-order valence-electron chi connectivity index (χ4n) is 11.2. The largest absolute Gasteiger partial charge is 0.481 e. The van der Waals surface area contributed by atoms with Crippen LogP contribution in [-0.2, 0) is 38.0 Å². The third-order valence-electron chi connectivity index (χ3n) is 15.0. The standard InChI is InChI=1S/C45H75NO11/c1-13-32(41(49)50)34-17-16-25(4)39(54-34)29(8)38(48)28(7)37(46-12)33(14-2)40-26(5)24-27(6)44(55-40)21-19-36(53-31(10)47)45(57-44)23-22-42(11,56-45)35-18-20-43(51,15-3)30(9)52-35/h19,21,25-30,32-36,38-40,48,51H,13-18,20,22-24H2,1-12H3,(H,49,50)/b46-37+/t25-,26-,27+,28+,29-,30-,32+,33-,34+,35+,36+,38+,39+,40-,42-,43+,44-,45-/m0/s1. The molecule has 0 bridgehead atoms. The zero-order valence-corrected chi connectivity index (χ0v) is 36.9. The Hall–Kier alpha value is -1.93. The van der Waals surface area contributed by atoms with Crippen molar-refractivity contribution >= 4 is 17.7 Å². The van der Waals surface area contributed by atoms with Crippen molar-refractivity contribution in [1.82, 2.24) is 0 Å². The van der Waals surface area contributed by atoms with E-state index in [0.29, 0.717) is 51.4 Å². The number of aliphatic imine (C=N–C) groups is 1. The molecule has 0 aromatic heterocycles. The van der Waals surface area contributed by atoms with E-state index in [-0.39, 0.29) is 66.0 Å². The van der Waals surface area contributed by atoms with Gasteiger partial charge in [-0.3, -0.25) is 14.6 Å². The average Bonchev–Trinajstić information content (AvgIpc) is 3.51. The van der Waals surface area contributed by atoms with Crippen LogP contribution in [0.5, 0.6) is 0 Å². The molecule has 4 fully saturated rings. The predicted octanol–water partition coefficient (Wildman–Crippen LogP) is 7.26. The van der Waals surface area contributed by atoms with Gasteiger partial charge in [-0.1, -0.05) is 55.4 Å². The first-order chi connectivity index (χ1) is 26.7. The van der Waals surface area contributed by atoms with Gasteiger partial charge in [0.2, 0.25) is 5.79 Å². The first-order valence-corrected chi connectivity index (χ1v) is 22.1. The van der Waals surface area contributed by atoms with Crippen molar-refractivity contribution in [1.29, 1.82) is 0 Å². The summed E-state index contributed by atoms with van der Waals surface area (Å²) in [5.74, 6) is -4.89. The van der Waals surface area contributed by atoms with E-state index in [2.05, 4.69) is 27.7 Å². The molecule has 0 aromatic rings. The number of hydrogen-bond donors (Lipinski definition) is 3. The molecule has 0 saturated carbocycles. The first kappa shape index (κ1) is 46.1. The molecule has 326 valence electrons. The summed E-state index contributed by atoms with van der Waals surface area (Å²) in [6.07, 6.45) is 6.94. The Morgan fingerprint density at radius 3 is 2.19 bits per heavy atom. The third-order valence-corrected chi connectivity index (χ3v) is 15.0. The van der Waals surface area contributed by atoms with Crippen LogP contribution in [-0.4, -0.2) is 106 Å². The van der Waals surface area contributed by atoms with Gasteiger partial charge in [0, 0.05) is 49.8 Å². The number of carbonyl (C=O) groups excluding carboxylic acids is 1. The molecule has 12 heteroatoms. The van der Waals surface area contributed by atoms with Crippen molar-refractivity contribution < 1.29 is 53.3 Å². The van der Waals surface area contributed by atoms with Crippen molar-refractivity contribution in [2.45, 2.75) is 206 Å². The Bertz CT molecular complexity index is 1470. The molecule has 5 rings (SSSR count). The normalized spacial score (nSPS) is 44.0. The molecule has 57 heavy (non-hydrogen) atoms. The second kappa shape index (κ2) is 18.0. The lowest BCUT2D eigenvalue weighted by Gasteiger charge is -2.55. The van der Waals surface area contributed by atoms with E-state index < -0.39 is 52.8 Å². The summed E-state index contributed by atoms with van der Waals surface area (Å²) in [4.78, 5) is 29.4. The van der Waals surface area contributed by atoms with Crippen molar-refractivity contribution in [3.05, 3.63) is 12.2 Å². The van der Waals surface area contributed by atoms with Crippen LogP contribution in [0.3, 0.4) is 0 Å². The third kappa shape index (κ3) is 8.94. The molecule has 0 amide bonds. The number of nitrogens with zero attached hydrogens (tertiary/aromatic N) is 1. The number of carboxylic acid groups (broad SMARTS) is 1. The number of carbonyl (C=O) groups is 2. The number of esters is 1. The lowest BCUT2D eigenvalue weighted by atomic mass is 9.72. The predicted molar refractivity (Wildman–Crippen MR) is 217 cm³/mol. The van der Waals surface area contributed by atoms with Gasteiger partial charge in [0.15, 0.2) is 11.9 Å². The maximum atomic E-state index is 12.5. The smallest absolute Gasteiger partial charge is 0.309 e. The molecule has 0 radical (unpaired) electrons. The summed E-state index contributed by atoms with van der Waals surface area (Å²) in [6, 6.07) is 0. The average molecular weight is 806 g/mol. The van der Waals surface area contributed by atoms with Gasteiger partial charge < -0.3 is 43.7 Å². The van der Waals surface area contributed by atoms with E-state index >= 15 is 0 Å². The molecule has 5 aliphatic heterocycles. The summed E-state index contributed by atoms with van der Waals surface area (Å²) in [5.41, 5.74) is -0.787. The molecule has 5 aliphatic rings. The van der Waals surface area contributed by atoms with E-state index in [1.807, 2.05) is 53.7 Å². The monoisotopic (exact) mass is 806 g/mol. The fourth-order valence-corrected chi connectivity index (χ4v) is 11.2. The van der Waals surface area contributed by atoms with Gasteiger partial charge in [-0.15, -0.1) is 0 Å². The molecule has 12 nitrogen and oxygen atoms in total. The van der Waals surface area contributed by atoms with Crippen molar-refractivity contribution in [3.63, 3.8) is 0 Å². The lowest BCUT2D eigenvalue weighted by Crippen LogP contribution is -2.63. The van der Waals surface area contributed by atoms with Gasteiger partial charge in [0.25, 0.3) is 0 Å². The molecule has 3 N–H and O–H groups in total. The van der Waals surface area contributed by atoms with Crippen LogP contribution in [0.4, 0.5) is 0 Å². The highest BCUT2D eigenvalue weighted by Crippen LogP contribution is 2.54. The van der Waals surface area contributed by atoms with Gasteiger partial charge >= 0.3 is 11.9 Å². The molecule has 18 atom stereocenters. The minimum Gasteiger partial charge on any atom is -0.481 e. The van der Waals surface area contributed by atoms with Gasteiger partial charge in [0.1, 0.15) is 0 Å². The van der Waals surface area contributed by atoms with Crippen molar-refractivity contribution in [3.8, 4) is 0 Å².